The molecular weight excluding hydrogens is 346 g/mol. The lowest BCUT2D eigenvalue weighted by Gasteiger charge is -2.08. The predicted octanol–water partition coefficient (Wildman–Crippen LogP) is 2.09. The van der Waals surface area contributed by atoms with E-state index in [9.17, 15) is 9.59 Å². The average molecular weight is 367 g/mol. The second-order valence-electron chi connectivity index (χ2n) is 6.17. The topological polar surface area (TPSA) is 102 Å². The van der Waals surface area contributed by atoms with Gasteiger partial charge in [-0.25, -0.2) is 9.48 Å². The maximum absolute atomic E-state index is 12.2. The van der Waals surface area contributed by atoms with Crippen molar-refractivity contribution in [1.29, 1.82) is 0 Å². The van der Waals surface area contributed by atoms with Crippen molar-refractivity contribution in [2.75, 3.05) is 0 Å². The maximum atomic E-state index is 12.2. The predicted molar refractivity (Wildman–Crippen MR) is 98.7 cm³/mol. The number of hydrogen-bond acceptors (Lipinski definition) is 4. The van der Waals surface area contributed by atoms with E-state index in [4.69, 9.17) is 5.11 Å². The van der Waals surface area contributed by atoms with Crippen molar-refractivity contribution in [2.45, 2.75) is 33.4 Å². The Morgan fingerprint density at radius 1 is 1.15 bits per heavy atom. The Hall–Kier alpha value is -3.42. The third-order valence-corrected chi connectivity index (χ3v) is 4.39. The molecule has 3 rings (SSSR count). The molecule has 0 saturated carbocycles. The summed E-state index contributed by atoms with van der Waals surface area (Å²) in [5.41, 5.74) is 3.84. The van der Waals surface area contributed by atoms with E-state index >= 15 is 0 Å². The normalized spacial score (nSPS) is 10.7. The number of carboxylic acid groups (broad SMARTS) is 1. The Morgan fingerprint density at radius 2 is 1.89 bits per heavy atom. The number of benzene rings is 1. The molecule has 0 unspecified atom stereocenters. The number of aromatic nitrogens is 4. The molecule has 0 spiro atoms. The molecule has 0 fully saturated rings. The van der Waals surface area contributed by atoms with Gasteiger partial charge < -0.3 is 10.4 Å². The molecule has 0 aliphatic carbocycles. The van der Waals surface area contributed by atoms with Crippen LogP contribution in [-0.4, -0.2) is 36.5 Å². The van der Waals surface area contributed by atoms with E-state index in [0.717, 1.165) is 22.6 Å². The van der Waals surface area contributed by atoms with Crippen LogP contribution in [0.15, 0.2) is 42.6 Å². The van der Waals surface area contributed by atoms with E-state index in [1.54, 1.807) is 0 Å². The number of aryl methyl sites for hydroxylation is 2. The zero-order valence-corrected chi connectivity index (χ0v) is 15.2. The minimum absolute atomic E-state index is 0.0682. The monoisotopic (exact) mass is 367 g/mol. The molecule has 0 radical (unpaired) electrons. The first-order chi connectivity index (χ1) is 13.0. The minimum atomic E-state index is -1.06. The van der Waals surface area contributed by atoms with Gasteiger partial charge in [-0.2, -0.15) is 10.2 Å². The van der Waals surface area contributed by atoms with E-state index in [0.29, 0.717) is 6.54 Å². The first kappa shape index (κ1) is 18.4. The van der Waals surface area contributed by atoms with Gasteiger partial charge in [-0.3, -0.25) is 9.48 Å². The van der Waals surface area contributed by atoms with Gasteiger partial charge in [0, 0.05) is 30.4 Å². The van der Waals surface area contributed by atoms with Crippen LogP contribution in [0.2, 0.25) is 0 Å². The van der Waals surface area contributed by atoms with E-state index < -0.39 is 5.97 Å². The Bertz CT molecular complexity index is 959. The molecule has 2 N–H and O–H groups in total. The van der Waals surface area contributed by atoms with Gasteiger partial charge in [0.25, 0.3) is 0 Å². The fourth-order valence-electron chi connectivity index (χ4n) is 2.93. The smallest absolute Gasteiger partial charge is 0.354 e. The van der Waals surface area contributed by atoms with Crippen LogP contribution in [0, 0.1) is 13.8 Å². The molecule has 0 aliphatic rings. The van der Waals surface area contributed by atoms with Crippen molar-refractivity contribution in [3.05, 3.63) is 65.2 Å². The van der Waals surface area contributed by atoms with E-state index in [1.807, 2.05) is 48.9 Å². The van der Waals surface area contributed by atoms with Crippen molar-refractivity contribution >= 4 is 11.9 Å². The molecular formula is C19H21N5O3. The minimum Gasteiger partial charge on any atom is -0.477 e. The van der Waals surface area contributed by atoms with Crippen LogP contribution in [0.25, 0.3) is 5.69 Å². The van der Waals surface area contributed by atoms with Crippen molar-refractivity contribution in [2.24, 2.45) is 0 Å². The average Bonchev–Trinajstić information content (AvgIpc) is 3.24. The highest BCUT2D eigenvalue weighted by atomic mass is 16.4. The SMILES string of the molecule is Cc1nn(-c2ccccc2)c(C)c1CNC(=O)CCn1nccc1C(=O)O. The van der Waals surface area contributed by atoms with Crippen LogP contribution in [0.1, 0.15) is 33.9 Å². The number of nitrogens with one attached hydrogen (secondary N) is 1. The highest BCUT2D eigenvalue weighted by Gasteiger charge is 2.15. The van der Waals surface area contributed by atoms with Crippen molar-refractivity contribution in [3.8, 4) is 5.69 Å². The second kappa shape index (κ2) is 7.86. The van der Waals surface area contributed by atoms with Crippen molar-refractivity contribution in [1.82, 2.24) is 24.9 Å². The summed E-state index contributed by atoms with van der Waals surface area (Å²) in [4.78, 5) is 23.2. The number of carboxylic acids is 1. The Labute approximate surface area is 156 Å². The van der Waals surface area contributed by atoms with Gasteiger partial charge in [-0.15, -0.1) is 0 Å². The summed E-state index contributed by atoms with van der Waals surface area (Å²) in [6.45, 7) is 4.46. The number of carbonyl (C=O) groups excluding carboxylic acids is 1. The van der Waals surface area contributed by atoms with Crippen LogP contribution in [-0.2, 0) is 17.9 Å². The third kappa shape index (κ3) is 4.05. The summed E-state index contributed by atoms with van der Waals surface area (Å²) < 4.78 is 3.17. The van der Waals surface area contributed by atoms with Crippen LogP contribution in [0.4, 0.5) is 0 Å². The van der Waals surface area contributed by atoms with E-state index in [1.165, 1.54) is 16.9 Å². The second-order valence-corrected chi connectivity index (χ2v) is 6.17. The molecule has 8 heteroatoms. The van der Waals surface area contributed by atoms with Crippen LogP contribution in [0.5, 0.6) is 0 Å². The number of nitrogens with zero attached hydrogens (tertiary/aromatic N) is 4. The molecule has 1 amide bonds. The lowest BCUT2D eigenvalue weighted by molar-refractivity contribution is -0.121. The molecule has 2 heterocycles. The number of para-hydroxylation sites is 1. The number of aromatic carboxylic acids is 1. The van der Waals surface area contributed by atoms with Gasteiger partial charge in [0.1, 0.15) is 5.69 Å². The van der Waals surface area contributed by atoms with E-state index in [-0.39, 0.29) is 24.6 Å². The summed E-state index contributed by atoms with van der Waals surface area (Å²) >= 11 is 0. The first-order valence-corrected chi connectivity index (χ1v) is 8.59. The summed E-state index contributed by atoms with van der Waals surface area (Å²) in [6, 6.07) is 11.2. The molecule has 2 aromatic heterocycles. The van der Waals surface area contributed by atoms with Gasteiger partial charge in [-0.05, 0) is 32.0 Å². The molecule has 0 atom stereocenters. The lowest BCUT2D eigenvalue weighted by Crippen LogP contribution is -2.25. The number of rotatable bonds is 7. The summed E-state index contributed by atoms with van der Waals surface area (Å²) in [5.74, 6) is -1.24. The third-order valence-electron chi connectivity index (χ3n) is 4.39. The van der Waals surface area contributed by atoms with Gasteiger partial charge in [-0.1, -0.05) is 18.2 Å². The molecule has 8 nitrogen and oxygen atoms in total. The van der Waals surface area contributed by atoms with Gasteiger partial charge in [0.2, 0.25) is 5.91 Å². The zero-order chi connectivity index (χ0) is 19.4. The Balaban J connectivity index is 1.61. The number of amides is 1. The standard InChI is InChI=1S/C19H21N5O3/c1-13-16(14(2)24(22-13)15-6-4-3-5-7-15)12-20-18(25)9-11-23-17(19(26)27)8-10-21-23/h3-8,10H,9,11-12H2,1-2H3,(H,20,25)(H,26,27). The summed E-state index contributed by atoms with van der Waals surface area (Å²) in [7, 11) is 0. The largest absolute Gasteiger partial charge is 0.477 e. The summed E-state index contributed by atoms with van der Waals surface area (Å²) in [6.07, 6.45) is 1.55. The summed E-state index contributed by atoms with van der Waals surface area (Å²) in [5, 5.41) is 20.4. The van der Waals surface area contributed by atoms with Crippen molar-refractivity contribution < 1.29 is 14.7 Å². The van der Waals surface area contributed by atoms with E-state index in [2.05, 4.69) is 15.5 Å². The molecule has 1 aromatic carbocycles. The quantitative estimate of drug-likeness (QED) is 0.666. The molecule has 0 saturated heterocycles. The molecule has 0 bridgehead atoms. The Kier molecular flexibility index (Phi) is 5.35. The van der Waals surface area contributed by atoms with Crippen LogP contribution < -0.4 is 5.32 Å². The van der Waals surface area contributed by atoms with Gasteiger partial charge in [0.15, 0.2) is 0 Å². The molecule has 27 heavy (non-hydrogen) atoms. The number of hydrogen-bond donors (Lipinski definition) is 2. The first-order valence-electron chi connectivity index (χ1n) is 8.59. The van der Waals surface area contributed by atoms with Gasteiger partial charge in [0.05, 0.1) is 17.9 Å². The highest BCUT2D eigenvalue weighted by molar-refractivity contribution is 5.85. The fourth-order valence-corrected chi connectivity index (χ4v) is 2.93. The Morgan fingerprint density at radius 3 is 2.59 bits per heavy atom. The fraction of sp³-hybridized carbons (Fsp3) is 0.263. The van der Waals surface area contributed by atoms with Crippen LogP contribution >= 0.6 is 0 Å². The van der Waals surface area contributed by atoms with Gasteiger partial charge >= 0.3 is 5.97 Å². The lowest BCUT2D eigenvalue weighted by atomic mass is 10.2. The maximum Gasteiger partial charge on any atom is 0.354 e. The van der Waals surface area contributed by atoms with Crippen molar-refractivity contribution in [3.63, 3.8) is 0 Å². The zero-order valence-electron chi connectivity index (χ0n) is 15.2. The number of carbonyl (C=O) groups is 2. The van der Waals surface area contributed by atoms with Crippen LogP contribution in [0.3, 0.4) is 0 Å². The molecule has 140 valence electrons. The molecule has 0 aliphatic heterocycles. The highest BCUT2D eigenvalue weighted by Crippen LogP contribution is 2.17. The molecule has 3 aromatic rings.